The van der Waals surface area contributed by atoms with E-state index < -0.39 is 6.10 Å². The molecule has 0 spiro atoms. The van der Waals surface area contributed by atoms with Crippen molar-refractivity contribution in [1.82, 2.24) is 15.1 Å². The van der Waals surface area contributed by atoms with Crippen LogP contribution in [0.4, 0.5) is 4.79 Å². The highest BCUT2D eigenvalue weighted by Gasteiger charge is 2.31. The Kier molecular flexibility index (Phi) is 6.38. The van der Waals surface area contributed by atoms with Crippen LogP contribution >= 0.6 is 0 Å². The molecule has 2 aliphatic rings. The van der Waals surface area contributed by atoms with Gasteiger partial charge in [-0.3, -0.25) is 0 Å². The molecular formula is C20H31N3O3. The summed E-state index contributed by atoms with van der Waals surface area (Å²) in [6.45, 7) is 8.60. The lowest BCUT2D eigenvalue weighted by atomic mass is 10.0. The van der Waals surface area contributed by atoms with E-state index in [1.54, 1.807) is 0 Å². The quantitative estimate of drug-likeness (QED) is 0.780. The van der Waals surface area contributed by atoms with Crippen molar-refractivity contribution >= 4 is 6.03 Å². The van der Waals surface area contributed by atoms with Gasteiger partial charge in [-0.15, -0.1) is 0 Å². The van der Waals surface area contributed by atoms with E-state index in [0.29, 0.717) is 25.1 Å². The van der Waals surface area contributed by atoms with Gasteiger partial charge < -0.3 is 25.0 Å². The number of hydrogen-bond donors (Lipinski definition) is 2. The van der Waals surface area contributed by atoms with Crippen LogP contribution in [0.3, 0.4) is 0 Å². The van der Waals surface area contributed by atoms with Crippen molar-refractivity contribution in [2.45, 2.75) is 44.8 Å². The first-order valence-electron chi connectivity index (χ1n) is 9.71. The molecule has 0 aliphatic carbocycles. The number of benzene rings is 1. The third-order valence-corrected chi connectivity index (χ3v) is 5.33. The minimum absolute atomic E-state index is 0.0701. The van der Waals surface area contributed by atoms with Gasteiger partial charge in [-0.1, -0.05) is 32.0 Å². The first-order chi connectivity index (χ1) is 12.5. The second-order valence-electron chi connectivity index (χ2n) is 7.61. The molecule has 1 aromatic carbocycles. The van der Waals surface area contributed by atoms with E-state index in [0.717, 1.165) is 44.8 Å². The topological polar surface area (TPSA) is 65.0 Å². The predicted octanol–water partition coefficient (Wildman–Crippen LogP) is 2.04. The number of piperidine rings is 1. The predicted molar refractivity (Wildman–Crippen MR) is 102 cm³/mol. The first kappa shape index (κ1) is 19.0. The van der Waals surface area contributed by atoms with Crippen LogP contribution in [-0.4, -0.2) is 72.4 Å². The molecule has 6 nitrogen and oxygen atoms in total. The number of β-amino-alcohol motifs (C(OH)–C–C–N with tert-alkyl or cyclic N) is 1. The Balaban J connectivity index is 1.42. The van der Waals surface area contributed by atoms with E-state index >= 15 is 0 Å². The number of urea groups is 1. The Morgan fingerprint density at radius 2 is 1.96 bits per heavy atom. The molecule has 0 unspecified atom stereocenters. The number of nitrogens with one attached hydrogen (secondary N) is 1. The summed E-state index contributed by atoms with van der Waals surface area (Å²) in [7, 11) is 0. The van der Waals surface area contributed by atoms with Crippen LogP contribution in [0.1, 0.15) is 38.2 Å². The number of amides is 2. The third-order valence-electron chi connectivity index (χ3n) is 5.33. The summed E-state index contributed by atoms with van der Waals surface area (Å²) in [5, 5.41) is 13.2. The molecule has 0 bridgehead atoms. The maximum absolute atomic E-state index is 11.8. The number of aliphatic hydroxyl groups is 1. The van der Waals surface area contributed by atoms with Crippen molar-refractivity contribution in [2.75, 3.05) is 39.3 Å². The summed E-state index contributed by atoms with van der Waals surface area (Å²) in [5.74, 6) is 1.26. The normalized spacial score (nSPS) is 20.5. The fourth-order valence-corrected chi connectivity index (χ4v) is 3.87. The molecule has 0 radical (unpaired) electrons. The molecule has 2 fully saturated rings. The van der Waals surface area contributed by atoms with Crippen LogP contribution in [0, 0.1) is 0 Å². The zero-order valence-electron chi connectivity index (χ0n) is 15.9. The second kappa shape index (κ2) is 8.73. The number of carbonyl (C=O) groups excluding carboxylic acids is 1. The molecule has 2 amide bonds. The molecule has 2 saturated heterocycles. The number of para-hydroxylation sites is 1. The maximum atomic E-state index is 11.8. The van der Waals surface area contributed by atoms with Gasteiger partial charge in [0, 0.05) is 38.8 Å². The van der Waals surface area contributed by atoms with Gasteiger partial charge in [-0.2, -0.15) is 0 Å². The van der Waals surface area contributed by atoms with Crippen LogP contribution < -0.4 is 10.1 Å². The van der Waals surface area contributed by atoms with Gasteiger partial charge in [-0.25, -0.2) is 4.79 Å². The van der Waals surface area contributed by atoms with E-state index in [1.807, 2.05) is 23.1 Å². The number of likely N-dealkylation sites (tertiary alicyclic amines) is 1. The summed E-state index contributed by atoms with van der Waals surface area (Å²) in [6.07, 6.45) is 1.43. The smallest absolute Gasteiger partial charge is 0.317 e. The molecule has 0 aromatic heterocycles. The molecule has 2 aliphatic heterocycles. The third kappa shape index (κ3) is 4.68. The monoisotopic (exact) mass is 361 g/mol. The Hall–Kier alpha value is -1.79. The summed E-state index contributed by atoms with van der Waals surface area (Å²) < 4.78 is 5.88. The molecule has 0 saturated carbocycles. The fourth-order valence-electron chi connectivity index (χ4n) is 3.87. The minimum Gasteiger partial charge on any atom is -0.491 e. The average molecular weight is 361 g/mol. The molecule has 6 heteroatoms. The van der Waals surface area contributed by atoms with E-state index in [1.165, 1.54) is 5.56 Å². The van der Waals surface area contributed by atoms with Crippen LogP contribution in [-0.2, 0) is 0 Å². The van der Waals surface area contributed by atoms with E-state index in [4.69, 9.17) is 4.74 Å². The Morgan fingerprint density at radius 1 is 1.23 bits per heavy atom. The lowest BCUT2D eigenvalue weighted by molar-refractivity contribution is 0.0505. The van der Waals surface area contributed by atoms with Crippen molar-refractivity contribution in [1.29, 1.82) is 0 Å². The van der Waals surface area contributed by atoms with Crippen LogP contribution in [0.2, 0.25) is 0 Å². The van der Waals surface area contributed by atoms with Crippen LogP contribution in [0.15, 0.2) is 24.3 Å². The van der Waals surface area contributed by atoms with Crippen molar-refractivity contribution in [3.63, 3.8) is 0 Å². The lowest BCUT2D eigenvalue weighted by Gasteiger charge is -2.36. The molecule has 26 heavy (non-hydrogen) atoms. The number of hydrogen-bond acceptors (Lipinski definition) is 4. The SMILES string of the molecule is CC(C)c1ccccc1OC[C@H](O)CN1CCC(N2CCNC2=O)CC1. The highest BCUT2D eigenvalue weighted by Crippen LogP contribution is 2.26. The van der Waals surface area contributed by atoms with E-state index in [9.17, 15) is 9.90 Å². The highest BCUT2D eigenvalue weighted by atomic mass is 16.5. The Labute approximate surface area is 156 Å². The molecular weight excluding hydrogens is 330 g/mol. The summed E-state index contributed by atoms with van der Waals surface area (Å²) in [4.78, 5) is 16.0. The fraction of sp³-hybridized carbons (Fsp3) is 0.650. The molecule has 3 rings (SSSR count). The highest BCUT2D eigenvalue weighted by molar-refractivity contribution is 5.76. The number of carbonyl (C=O) groups is 1. The van der Waals surface area contributed by atoms with Crippen molar-refractivity contribution in [3.8, 4) is 5.75 Å². The van der Waals surface area contributed by atoms with Crippen LogP contribution in [0.25, 0.3) is 0 Å². The number of rotatable bonds is 7. The number of nitrogens with zero attached hydrogens (tertiary/aromatic N) is 2. The van der Waals surface area contributed by atoms with Gasteiger partial charge >= 0.3 is 6.03 Å². The standard InChI is InChI=1S/C20H31N3O3/c1-15(2)18-5-3-4-6-19(18)26-14-17(24)13-22-10-7-16(8-11-22)23-12-9-21-20(23)25/h3-6,15-17,24H,7-14H2,1-2H3,(H,21,25)/t17-/m1/s1. The van der Waals surface area contributed by atoms with Crippen molar-refractivity contribution in [2.24, 2.45) is 0 Å². The zero-order chi connectivity index (χ0) is 18.5. The van der Waals surface area contributed by atoms with Gasteiger partial charge in [0.05, 0.1) is 0 Å². The largest absolute Gasteiger partial charge is 0.491 e. The van der Waals surface area contributed by atoms with Gasteiger partial charge in [-0.05, 0) is 30.4 Å². The first-order valence-corrected chi connectivity index (χ1v) is 9.71. The summed E-state index contributed by atoms with van der Waals surface area (Å²) >= 11 is 0. The van der Waals surface area contributed by atoms with Gasteiger partial charge in [0.1, 0.15) is 18.5 Å². The van der Waals surface area contributed by atoms with Crippen molar-refractivity contribution < 1.29 is 14.6 Å². The average Bonchev–Trinajstić information content (AvgIpc) is 3.07. The number of ether oxygens (including phenoxy) is 1. The summed E-state index contributed by atoms with van der Waals surface area (Å²) in [5.41, 5.74) is 1.17. The van der Waals surface area contributed by atoms with Gasteiger partial charge in [0.2, 0.25) is 0 Å². The van der Waals surface area contributed by atoms with Gasteiger partial charge in [0.25, 0.3) is 0 Å². The molecule has 2 heterocycles. The lowest BCUT2D eigenvalue weighted by Crippen LogP contribution is -2.48. The molecule has 144 valence electrons. The molecule has 2 N–H and O–H groups in total. The van der Waals surface area contributed by atoms with Crippen LogP contribution in [0.5, 0.6) is 5.75 Å². The van der Waals surface area contributed by atoms with Gasteiger partial charge in [0.15, 0.2) is 0 Å². The van der Waals surface area contributed by atoms with E-state index in [-0.39, 0.29) is 6.03 Å². The maximum Gasteiger partial charge on any atom is 0.317 e. The van der Waals surface area contributed by atoms with E-state index in [2.05, 4.69) is 30.1 Å². The van der Waals surface area contributed by atoms with Crippen molar-refractivity contribution in [3.05, 3.63) is 29.8 Å². The summed E-state index contributed by atoms with van der Waals surface area (Å²) in [6, 6.07) is 8.43. The Morgan fingerprint density at radius 3 is 2.62 bits per heavy atom. The zero-order valence-corrected chi connectivity index (χ0v) is 15.9. The second-order valence-corrected chi connectivity index (χ2v) is 7.61. The minimum atomic E-state index is -0.512. The molecule has 1 aromatic rings. The Bertz CT molecular complexity index is 600. The molecule has 1 atom stereocenters. The number of aliphatic hydroxyl groups excluding tert-OH is 1.